The first-order chi connectivity index (χ1) is 7.34. The van der Waals surface area contributed by atoms with Crippen LogP contribution in [0.2, 0.25) is 0 Å². The van der Waals surface area contributed by atoms with E-state index in [1.54, 1.807) is 0 Å². The Morgan fingerprint density at radius 3 is 2.80 bits per heavy atom. The fourth-order valence-corrected chi connectivity index (χ4v) is 2.60. The first-order valence-electron chi connectivity index (χ1n) is 6.40. The maximum Gasteiger partial charge on any atom is 0.0561 e. The molecular formula is C12H24N2O. The summed E-state index contributed by atoms with van der Waals surface area (Å²) in [4.78, 5) is 0. The lowest BCUT2D eigenvalue weighted by molar-refractivity contribution is 0.0125. The first kappa shape index (κ1) is 11.4. The summed E-state index contributed by atoms with van der Waals surface area (Å²) >= 11 is 0. The Balaban J connectivity index is 1.63. The normalized spacial score (nSPS) is 34.2. The Hall–Kier alpha value is -0.120. The molecule has 0 aromatic carbocycles. The summed E-state index contributed by atoms with van der Waals surface area (Å²) in [6.07, 6.45) is 5.50. The van der Waals surface area contributed by atoms with E-state index in [1.807, 2.05) is 0 Å². The van der Waals surface area contributed by atoms with Gasteiger partial charge in [0.15, 0.2) is 0 Å². The number of ether oxygens (including phenoxy) is 1. The van der Waals surface area contributed by atoms with Crippen LogP contribution in [-0.4, -0.2) is 38.4 Å². The molecule has 2 heterocycles. The van der Waals surface area contributed by atoms with Gasteiger partial charge in [0.05, 0.1) is 6.10 Å². The average molecular weight is 212 g/mol. The molecule has 2 atom stereocenters. The number of hydrogen-bond donors (Lipinski definition) is 2. The zero-order valence-electron chi connectivity index (χ0n) is 9.80. The van der Waals surface area contributed by atoms with Crippen molar-refractivity contribution in [1.82, 2.24) is 10.6 Å². The molecule has 2 saturated heterocycles. The fraction of sp³-hybridized carbons (Fsp3) is 1.00. The molecule has 2 aliphatic rings. The minimum Gasteiger partial charge on any atom is -0.378 e. The zero-order valence-corrected chi connectivity index (χ0v) is 9.80. The Bertz CT molecular complexity index is 180. The van der Waals surface area contributed by atoms with Gasteiger partial charge in [0.25, 0.3) is 0 Å². The van der Waals surface area contributed by atoms with E-state index in [1.165, 1.54) is 45.3 Å². The van der Waals surface area contributed by atoms with Gasteiger partial charge in [-0.05, 0) is 58.2 Å². The van der Waals surface area contributed by atoms with Crippen LogP contribution in [0, 0.1) is 5.92 Å². The number of rotatable bonds is 3. The second-order valence-corrected chi connectivity index (χ2v) is 5.00. The third-order valence-electron chi connectivity index (χ3n) is 3.64. The van der Waals surface area contributed by atoms with Gasteiger partial charge in [0.2, 0.25) is 0 Å². The van der Waals surface area contributed by atoms with Gasteiger partial charge in [-0.2, -0.15) is 0 Å². The Morgan fingerprint density at radius 1 is 1.27 bits per heavy atom. The van der Waals surface area contributed by atoms with Crippen molar-refractivity contribution in [3.8, 4) is 0 Å². The van der Waals surface area contributed by atoms with Crippen LogP contribution in [0.1, 0.15) is 32.6 Å². The van der Waals surface area contributed by atoms with E-state index < -0.39 is 0 Å². The smallest absolute Gasteiger partial charge is 0.0561 e. The van der Waals surface area contributed by atoms with E-state index in [0.29, 0.717) is 12.1 Å². The largest absolute Gasteiger partial charge is 0.378 e. The lowest BCUT2D eigenvalue weighted by Gasteiger charge is -2.30. The zero-order chi connectivity index (χ0) is 10.5. The maximum atomic E-state index is 5.55. The van der Waals surface area contributed by atoms with Crippen molar-refractivity contribution in [3.63, 3.8) is 0 Å². The van der Waals surface area contributed by atoms with Crippen LogP contribution < -0.4 is 10.6 Å². The Morgan fingerprint density at radius 2 is 2.07 bits per heavy atom. The van der Waals surface area contributed by atoms with Crippen molar-refractivity contribution in [3.05, 3.63) is 0 Å². The summed E-state index contributed by atoms with van der Waals surface area (Å²) in [7, 11) is 0. The van der Waals surface area contributed by atoms with E-state index in [9.17, 15) is 0 Å². The molecule has 2 unspecified atom stereocenters. The standard InChI is InChI=1S/C12H24N2O/c1-10-8-12(4-7-15-10)14-9-11-2-5-13-6-3-11/h10-14H,2-9H2,1H3. The molecule has 2 fully saturated rings. The third kappa shape index (κ3) is 3.74. The Kier molecular flexibility index (Phi) is 4.42. The van der Waals surface area contributed by atoms with Gasteiger partial charge in [0, 0.05) is 12.6 Å². The lowest BCUT2D eigenvalue weighted by atomic mass is 9.96. The highest BCUT2D eigenvalue weighted by Crippen LogP contribution is 2.15. The maximum absolute atomic E-state index is 5.55. The molecule has 0 amide bonds. The van der Waals surface area contributed by atoms with Crippen LogP contribution in [0.5, 0.6) is 0 Å². The SMILES string of the molecule is CC1CC(NCC2CCNCC2)CCO1. The van der Waals surface area contributed by atoms with Gasteiger partial charge in [-0.1, -0.05) is 0 Å². The molecule has 0 aliphatic carbocycles. The lowest BCUT2D eigenvalue weighted by Crippen LogP contribution is -2.42. The van der Waals surface area contributed by atoms with E-state index >= 15 is 0 Å². The summed E-state index contributed by atoms with van der Waals surface area (Å²) in [5, 5.41) is 7.13. The van der Waals surface area contributed by atoms with Crippen LogP contribution >= 0.6 is 0 Å². The summed E-state index contributed by atoms with van der Waals surface area (Å²) in [5.74, 6) is 0.893. The molecule has 0 bridgehead atoms. The van der Waals surface area contributed by atoms with E-state index in [2.05, 4.69) is 17.6 Å². The van der Waals surface area contributed by atoms with Gasteiger partial charge in [-0.3, -0.25) is 0 Å². The summed E-state index contributed by atoms with van der Waals surface area (Å²) in [6, 6.07) is 0.698. The van der Waals surface area contributed by atoms with Crippen LogP contribution in [-0.2, 0) is 4.74 Å². The number of piperidine rings is 1. The monoisotopic (exact) mass is 212 g/mol. The molecule has 0 spiro atoms. The van der Waals surface area contributed by atoms with Gasteiger partial charge in [0.1, 0.15) is 0 Å². The molecule has 2 N–H and O–H groups in total. The molecule has 0 aromatic rings. The molecule has 2 aliphatic heterocycles. The fourth-order valence-electron chi connectivity index (χ4n) is 2.60. The minimum atomic E-state index is 0.448. The second-order valence-electron chi connectivity index (χ2n) is 5.00. The second kappa shape index (κ2) is 5.83. The van der Waals surface area contributed by atoms with Gasteiger partial charge in [-0.15, -0.1) is 0 Å². The van der Waals surface area contributed by atoms with Crippen LogP contribution in [0.4, 0.5) is 0 Å². The van der Waals surface area contributed by atoms with Crippen molar-refractivity contribution < 1.29 is 4.74 Å². The summed E-state index contributed by atoms with van der Waals surface area (Å²) in [5.41, 5.74) is 0. The molecule has 2 rings (SSSR count). The molecule has 0 radical (unpaired) electrons. The van der Waals surface area contributed by atoms with E-state index in [0.717, 1.165) is 12.5 Å². The van der Waals surface area contributed by atoms with Crippen molar-refractivity contribution in [2.24, 2.45) is 5.92 Å². The van der Waals surface area contributed by atoms with Crippen molar-refractivity contribution in [2.45, 2.75) is 44.8 Å². The topological polar surface area (TPSA) is 33.3 Å². The van der Waals surface area contributed by atoms with Crippen molar-refractivity contribution >= 4 is 0 Å². The Labute approximate surface area is 93.0 Å². The van der Waals surface area contributed by atoms with Crippen LogP contribution in [0.15, 0.2) is 0 Å². The predicted molar refractivity (Wildman–Crippen MR) is 62.0 cm³/mol. The van der Waals surface area contributed by atoms with E-state index in [-0.39, 0.29) is 0 Å². The van der Waals surface area contributed by atoms with Gasteiger partial charge in [-0.25, -0.2) is 0 Å². The highest BCUT2D eigenvalue weighted by molar-refractivity contribution is 4.77. The highest BCUT2D eigenvalue weighted by atomic mass is 16.5. The van der Waals surface area contributed by atoms with Crippen LogP contribution in [0.25, 0.3) is 0 Å². The highest BCUT2D eigenvalue weighted by Gasteiger charge is 2.20. The predicted octanol–water partition coefficient (Wildman–Crippen LogP) is 1.14. The summed E-state index contributed by atoms with van der Waals surface area (Å²) in [6.45, 7) is 6.73. The van der Waals surface area contributed by atoms with Crippen molar-refractivity contribution in [2.75, 3.05) is 26.2 Å². The number of nitrogens with one attached hydrogen (secondary N) is 2. The van der Waals surface area contributed by atoms with Gasteiger partial charge >= 0.3 is 0 Å². The molecule has 88 valence electrons. The van der Waals surface area contributed by atoms with Crippen LogP contribution in [0.3, 0.4) is 0 Å². The van der Waals surface area contributed by atoms with Gasteiger partial charge < -0.3 is 15.4 Å². The summed E-state index contributed by atoms with van der Waals surface area (Å²) < 4.78 is 5.55. The average Bonchev–Trinajstić information content (AvgIpc) is 2.28. The molecule has 3 nitrogen and oxygen atoms in total. The molecule has 15 heavy (non-hydrogen) atoms. The first-order valence-corrected chi connectivity index (χ1v) is 6.40. The van der Waals surface area contributed by atoms with Crippen molar-refractivity contribution in [1.29, 1.82) is 0 Å². The van der Waals surface area contributed by atoms with E-state index in [4.69, 9.17) is 4.74 Å². The third-order valence-corrected chi connectivity index (χ3v) is 3.64. The number of hydrogen-bond acceptors (Lipinski definition) is 3. The molecule has 0 saturated carbocycles. The molecule has 0 aromatic heterocycles. The quantitative estimate of drug-likeness (QED) is 0.736. The molecule has 3 heteroatoms. The molecular weight excluding hydrogens is 188 g/mol. The minimum absolute atomic E-state index is 0.448.